The number of aliphatic hydroxyl groups excluding tert-OH is 1. The lowest BCUT2D eigenvalue weighted by Gasteiger charge is -2.01. The van der Waals surface area contributed by atoms with E-state index < -0.39 is 5.97 Å². The Morgan fingerprint density at radius 1 is 1.69 bits per heavy atom. The topological polar surface area (TPSA) is 75.3 Å². The smallest absolute Gasteiger partial charge is 0.339 e. The van der Waals surface area contributed by atoms with Gasteiger partial charge in [0.1, 0.15) is 5.56 Å². The van der Waals surface area contributed by atoms with Crippen LogP contribution in [-0.2, 0) is 6.54 Å². The number of hydrogen-bond acceptors (Lipinski definition) is 3. The van der Waals surface area contributed by atoms with Gasteiger partial charge in [0, 0.05) is 18.8 Å². The Morgan fingerprint density at radius 2 is 2.38 bits per heavy atom. The minimum absolute atomic E-state index is 0.0850. The van der Waals surface area contributed by atoms with Crippen LogP contribution in [0.5, 0.6) is 0 Å². The number of hydrogen-bond donors (Lipinski definition) is 2. The van der Waals surface area contributed by atoms with Gasteiger partial charge in [-0.2, -0.15) is 5.10 Å². The number of aliphatic hydroxyl groups is 1. The van der Waals surface area contributed by atoms with Crippen LogP contribution in [0.3, 0.4) is 0 Å². The molecule has 0 saturated heterocycles. The lowest BCUT2D eigenvalue weighted by Crippen LogP contribution is -2.05. The van der Waals surface area contributed by atoms with Crippen molar-refractivity contribution in [3.8, 4) is 0 Å². The van der Waals surface area contributed by atoms with E-state index in [9.17, 15) is 4.79 Å². The first kappa shape index (κ1) is 9.73. The van der Waals surface area contributed by atoms with Gasteiger partial charge in [0.05, 0.1) is 6.20 Å². The molecule has 0 amide bonds. The number of aromatic nitrogens is 2. The summed E-state index contributed by atoms with van der Waals surface area (Å²) >= 11 is 0. The van der Waals surface area contributed by atoms with E-state index in [0.717, 1.165) is 0 Å². The molecule has 0 radical (unpaired) electrons. The monoisotopic (exact) mass is 184 g/mol. The van der Waals surface area contributed by atoms with Crippen LogP contribution < -0.4 is 0 Å². The fraction of sp³-hybridized carbons (Fsp3) is 0.500. The number of rotatable bonds is 4. The Hall–Kier alpha value is -1.36. The van der Waals surface area contributed by atoms with Gasteiger partial charge in [0.2, 0.25) is 0 Å². The maximum absolute atomic E-state index is 10.6. The van der Waals surface area contributed by atoms with Crippen molar-refractivity contribution in [3.63, 3.8) is 0 Å². The molecule has 72 valence electrons. The maximum Gasteiger partial charge on any atom is 0.339 e. The lowest BCUT2D eigenvalue weighted by atomic mass is 10.3. The number of aromatic carboxylic acids is 1. The highest BCUT2D eigenvalue weighted by Gasteiger charge is 2.11. The molecule has 0 unspecified atom stereocenters. The standard InChI is InChI=1S/C8H12N2O3/c1-6-7(8(12)13)5-9-10(6)3-2-4-11/h5,11H,2-4H2,1H3,(H,12,13). The Balaban J connectivity index is 2.80. The largest absolute Gasteiger partial charge is 0.478 e. The van der Waals surface area contributed by atoms with Crippen molar-refractivity contribution in [2.75, 3.05) is 6.61 Å². The molecule has 0 fully saturated rings. The molecule has 5 heteroatoms. The maximum atomic E-state index is 10.6. The molecule has 0 aliphatic rings. The Kier molecular flexibility index (Phi) is 3.02. The number of aryl methyl sites for hydroxylation is 1. The van der Waals surface area contributed by atoms with Crippen molar-refractivity contribution in [1.29, 1.82) is 0 Å². The van der Waals surface area contributed by atoms with Crippen LogP contribution in [0, 0.1) is 6.92 Å². The van der Waals surface area contributed by atoms with Gasteiger partial charge in [0.25, 0.3) is 0 Å². The summed E-state index contributed by atoms with van der Waals surface area (Å²) in [5.41, 5.74) is 0.846. The van der Waals surface area contributed by atoms with Crippen molar-refractivity contribution in [2.24, 2.45) is 0 Å². The van der Waals surface area contributed by atoms with E-state index >= 15 is 0 Å². The third kappa shape index (κ3) is 2.06. The van der Waals surface area contributed by atoms with Gasteiger partial charge in [-0.05, 0) is 13.3 Å². The van der Waals surface area contributed by atoms with Gasteiger partial charge < -0.3 is 10.2 Å². The minimum atomic E-state index is -0.965. The zero-order valence-corrected chi connectivity index (χ0v) is 7.40. The highest BCUT2D eigenvalue weighted by molar-refractivity contribution is 5.88. The highest BCUT2D eigenvalue weighted by atomic mass is 16.4. The highest BCUT2D eigenvalue weighted by Crippen LogP contribution is 2.07. The molecule has 1 heterocycles. The fourth-order valence-electron chi connectivity index (χ4n) is 1.10. The predicted octanol–water partition coefficient (Wildman–Crippen LogP) is 0.272. The van der Waals surface area contributed by atoms with E-state index in [1.807, 2.05) is 0 Å². The van der Waals surface area contributed by atoms with Gasteiger partial charge in [-0.3, -0.25) is 4.68 Å². The van der Waals surface area contributed by atoms with Crippen LogP contribution in [0.15, 0.2) is 6.20 Å². The SMILES string of the molecule is Cc1c(C(=O)O)cnn1CCCO. The Bertz CT molecular complexity index is 306. The quantitative estimate of drug-likeness (QED) is 0.704. The summed E-state index contributed by atoms with van der Waals surface area (Å²) in [6.07, 6.45) is 1.91. The summed E-state index contributed by atoms with van der Waals surface area (Å²) in [5.74, 6) is -0.965. The van der Waals surface area contributed by atoms with Crippen LogP contribution in [0.1, 0.15) is 22.5 Å². The molecule has 13 heavy (non-hydrogen) atoms. The molecule has 0 saturated carbocycles. The second kappa shape index (κ2) is 4.04. The molecule has 1 aromatic rings. The van der Waals surface area contributed by atoms with Crippen molar-refractivity contribution >= 4 is 5.97 Å². The van der Waals surface area contributed by atoms with Crippen LogP contribution >= 0.6 is 0 Å². The van der Waals surface area contributed by atoms with E-state index in [1.165, 1.54) is 6.20 Å². The summed E-state index contributed by atoms with van der Waals surface area (Å²) in [5, 5.41) is 21.2. The third-order valence-corrected chi connectivity index (χ3v) is 1.86. The molecular formula is C8H12N2O3. The van der Waals surface area contributed by atoms with E-state index in [2.05, 4.69) is 5.10 Å². The van der Waals surface area contributed by atoms with Crippen molar-refractivity contribution in [3.05, 3.63) is 17.5 Å². The second-order valence-corrected chi connectivity index (χ2v) is 2.75. The first-order valence-electron chi connectivity index (χ1n) is 4.03. The number of carbonyl (C=O) groups is 1. The van der Waals surface area contributed by atoms with Gasteiger partial charge in [0.15, 0.2) is 0 Å². The molecule has 2 N–H and O–H groups in total. The van der Waals surface area contributed by atoms with Gasteiger partial charge >= 0.3 is 5.97 Å². The fourth-order valence-corrected chi connectivity index (χ4v) is 1.10. The van der Waals surface area contributed by atoms with Crippen LogP contribution in [0.25, 0.3) is 0 Å². The van der Waals surface area contributed by atoms with Crippen LogP contribution in [-0.4, -0.2) is 32.6 Å². The minimum Gasteiger partial charge on any atom is -0.478 e. The molecule has 1 aromatic heterocycles. The molecule has 1 rings (SSSR count). The summed E-state index contributed by atoms with van der Waals surface area (Å²) in [6.45, 7) is 2.34. The van der Waals surface area contributed by atoms with Crippen LogP contribution in [0.4, 0.5) is 0 Å². The number of carboxylic acids is 1. The molecule has 0 aliphatic heterocycles. The summed E-state index contributed by atoms with van der Waals surface area (Å²) in [4.78, 5) is 10.6. The number of nitrogens with zero attached hydrogens (tertiary/aromatic N) is 2. The predicted molar refractivity (Wildman–Crippen MR) is 45.6 cm³/mol. The van der Waals surface area contributed by atoms with Crippen molar-refractivity contribution in [1.82, 2.24) is 9.78 Å². The lowest BCUT2D eigenvalue weighted by molar-refractivity contribution is 0.0696. The van der Waals surface area contributed by atoms with Gasteiger partial charge in [-0.1, -0.05) is 0 Å². The first-order valence-corrected chi connectivity index (χ1v) is 4.03. The normalized spacial score (nSPS) is 10.3. The summed E-state index contributed by atoms with van der Waals surface area (Å²) < 4.78 is 1.58. The van der Waals surface area contributed by atoms with E-state index in [4.69, 9.17) is 10.2 Å². The second-order valence-electron chi connectivity index (χ2n) is 2.75. The van der Waals surface area contributed by atoms with E-state index in [1.54, 1.807) is 11.6 Å². The van der Waals surface area contributed by atoms with Gasteiger partial charge in [-0.25, -0.2) is 4.79 Å². The van der Waals surface area contributed by atoms with E-state index in [0.29, 0.717) is 18.7 Å². The zero-order chi connectivity index (χ0) is 9.84. The zero-order valence-electron chi connectivity index (χ0n) is 7.40. The molecular weight excluding hydrogens is 172 g/mol. The number of carboxylic acid groups (broad SMARTS) is 1. The Labute approximate surface area is 75.6 Å². The van der Waals surface area contributed by atoms with Crippen molar-refractivity contribution < 1.29 is 15.0 Å². The third-order valence-electron chi connectivity index (χ3n) is 1.86. The van der Waals surface area contributed by atoms with Crippen LogP contribution in [0.2, 0.25) is 0 Å². The molecule has 0 bridgehead atoms. The molecule has 0 aliphatic carbocycles. The summed E-state index contributed by atoms with van der Waals surface area (Å²) in [6, 6.07) is 0. The molecule has 0 spiro atoms. The van der Waals surface area contributed by atoms with Gasteiger partial charge in [-0.15, -0.1) is 0 Å². The first-order chi connectivity index (χ1) is 6.16. The average Bonchev–Trinajstić information content (AvgIpc) is 2.43. The van der Waals surface area contributed by atoms with Crippen molar-refractivity contribution in [2.45, 2.75) is 19.9 Å². The Morgan fingerprint density at radius 3 is 2.85 bits per heavy atom. The molecule has 0 aromatic carbocycles. The molecule has 5 nitrogen and oxygen atoms in total. The van der Waals surface area contributed by atoms with E-state index in [-0.39, 0.29) is 12.2 Å². The molecule has 0 atom stereocenters. The average molecular weight is 184 g/mol. The summed E-state index contributed by atoms with van der Waals surface area (Å²) in [7, 11) is 0.